The van der Waals surface area contributed by atoms with E-state index in [1.54, 1.807) is 12.1 Å². The van der Waals surface area contributed by atoms with Crippen LogP contribution in [0.4, 0.5) is 4.39 Å². The monoisotopic (exact) mass is 401 g/mol. The predicted molar refractivity (Wildman–Crippen MR) is 85.2 cm³/mol. The molecule has 0 saturated heterocycles. The molecule has 0 aliphatic rings. The lowest BCUT2D eigenvalue weighted by atomic mass is 10.1. The summed E-state index contributed by atoms with van der Waals surface area (Å²) < 4.78 is 20.3. The molecule has 1 atom stereocenters. The van der Waals surface area contributed by atoms with Crippen LogP contribution >= 0.6 is 31.9 Å². The van der Waals surface area contributed by atoms with Crippen LogP contribution in [-0.2, 0) is 6.61 Å². The average molecular weight is 403 g/mol. The molecular formula is C15H14Br2FNO. The molecule has 0 unspecified atom stereocenters. The molecule has 106 valence electrons. The zero-order chi connectivity index (χ0) is 14.7. The second-order valence-electron chi connectivity index (χ2n) is 4.51. The Labute approximate surface area is 134 Å². The highest BCUT2D eigenvalue weighted by Gasteiger charge is 2.09. The summed E-state index contributed by atoms with van der Waals surface area (Å²) >= 11 is 6.58. The molecule has 2 nitrogen and oxygen atoms in total. The van der Waals surface area contributed by atoms with Gasteiger partial charge in [0.05, 0.1) is 4.47 Å². The van der Waals surface area contributed by atoms with Crippen LogP contribution in [0.25, 0.3) is 0 Å². The summed E-state index contributed by atoms with van der Waals surface area (Å²) in [6.07, 6.45) is 0. The van der Waals surface area contributed by atoms with Crippen LogP contribution in [0.2, 0.25) is 0 Å². The Morgan fingerprint density at radius 1 is 1.20 bits per heavy atom. The number of hydrogen-bond donors (Lipinski definition) is 1. The highest BCUT2D eigenvalue weighted by molar-refractivity contribution is 9.10. The van der Waals surface area contributed by atoms with Crippen LogP contribution in [0.5, 0.6) is 5.75 Å². The molecule has 0 bridgehead atoms. The first-order valence-electron chi connectivity index (χ1n) is 6.09. The third-order valence-corrected chi connectivity index (χ3v) is 3.95. The van der Waals surface area contributed by atoms with Gasteiger partial charge in [0, 0.05) is 16.1 Å². The second-order valence-corrected chi connectivity index (χ2v) is 6.28. The van der Waals surface area contributed by atoms with Crippen molar-refractivity contribution in [2.24, 2.45) is 5.73 Å². The van der Waals surface area contributed by atoms with E-state index >= 15 is 0 Å². The minimum absolute atomic E-state index is 0.113. The van der Waals surface area contributed by atoms with Crippen LogP contribution in [0.1, 0.15) is 24.1 Å². The Bertz CT molecular complexity index is 617. The van der Waals surface area contributed by atoms with Gasteiger partial charge in [0.25, 0.3) is 0 Å². The third kappa shape index (κ3) is 3.81. The zero-order valence-corrected chi connectivity index (χ0v) is 14.0. The van der Waals surface area contributed by atoms with Crippen molar-refractivity contribution in [1.29, 1.82) is 0 Å². The van der Waals surface area contributed by atoms with Crippen molar-refractivity contribution in [2.75, 3.05) is 0 Å². The fourth-order valence-electron chi connectivity index (χ4n) is 1.80. The van der Waals surface area contributed by atoms with Crippen molar-refractivity contribution in [3.05, 3.63) is 62.3 Å². The maximum absolute atomic E-state index is 13.2. The molecule has 0 heterocycles. The minimum Gasteiger partial charge on any atom is -0.489 e. The van der Waals surface area contributed by atoms with Gasteiger partial charge in [0.15, 0.2) is 0 Å². The third-order valence-electron chi connectivity index (χ3n) is 2.84. The Balaban J connectivity index is 2.17. The number of benzene rings is 2. The van der Waals surface area contributed by atoms with E-state index in [2.05, 4.69) is 31.9 Å². The fourth-order valence-corrected chi connectivity index (χ4v) is 2.57. The van der Waals surface area contributed by atoms with Gasteiger partial charge in [-0.25, -0.2) is 4.39 Å². The van der Waals surface area contributed by atoms with E-state index in [4.69, 9.17) is 10.5 Å². The van der Waals surface area contributed by atoms with Gasteiger partial charge in [-0.1, -0.05) is 28.1 Å². The van der Waals surface area contributed by atoms with Gasteiger partial charge in [-0.3, -0.25) is 0 Å². The van der Waals surface area contributed by atoms with E-state index in [9.17, 15) is 4.39 Å². The van der Waals surface area contributed by atoms with Crippen molar-refractivity contribution < 1.29 is 9.13 Å². The standard InChI is InChI=1S/C15H14Br2FNO/c1-9(19)12-4-3-11(16)7-15(12)20-8-10-2-5-14(18)13(17)6-10/h2-7,9H,8,19H2,1H3/t9-/m0/s1. The van der Waals surface area contributed by atoms with Crippen molar-refractivity contribution >= 4 is 31.9 Å². The molecule has 2 rings (SSSR count). The number of rotatable bonds is 4. The Morgan fingerprint density at radius 2 is 1.95 bits per heavy atom. The minimum atomic E-state index is -0.285. The van der Waals surface area contributed by atoms with Gasteiger partial charge in [-0.2, -0.15) is 0 Å². The lowest BCUT2D eigenvalue weighted by Crippen LogP contribution is -2.08. The van der Waals surface area contributed by atoms with Crippen LogP contribution in [-0.4, -0.2) is 0 Å². The topological polar surface area (TPSA) is 35.2 Å². The van der Waals surface area contributed by atoms with Gasteiger partial charge < -0.3 is 10.5 Å². The Kier molecular flexibility index (Phi) is 5.18. The first kappa shape index (κ1) is 15.5. The van der Waals surface area contributed by atoms with Crippen molar-refractivity contribution in [1.82, 2.24) is 0 Å². The second kappa shape index (κ2) is 6.70. The van der Waals surface area contributed by atoms with E-state index in [-0.39, 0.29) is 11.9 Å². The van der Waals surface area contributed by atoms with Crippen LogP contribution in [0.3, 0.4) is 0 Å². The normalized spacial score (nSPS) is 12.2. The highest BCUT2D eigenvalue weighted by Crippen LogP contribution is 2.28. The van der Waals surface area contributed by atoms with Gasteiger partial charge in [0.1, 0.15) is 18.2 Å². The summed E-state index contributed by atoms with van der Waals surface area (Å²) in [5.41, 5.74) is 7.75. The zero-order valence-electron chi connectivity index (χ0n) is 10.9. The van der Waals surface area contributed by atoms with Gasteiger partial charge in [-0.05, 0) is 52.7 Å². The fraction of sp³-hybridized carbons (Fsp3) is 0.200. The molecule has 0 aliphatic heterocycles. The maximum atomic E-state index is 13.2. The van der Waals surface area contributed by atoms with Crippen LogP contribution in [0.15, 0.2) is 45.3 Å². The molecule has 0 amide bonds. The summed E-state index contributed by atoms with van der Waals surface area (Å²) in [5, 5.41) is 0. The SMILES string of the molecule is C[C@H](N)c1ccc(Br)cc1OCc1ccc(F)c(Br)c1. The molecule has 0 spiro atoms. The molecule has 2 aromatic carbocycles. The molecule has 2 N–H and O–H groups in total. The Morgan fingerprint density at radius 3 is 2.60 bits per heavy atom. The first-order valence-corrected chi connectivity index (χ1v) is 7.67. The summed E-state index contributed by atoms with van der Waals surface area (Å²) in [5.74, 6) is 0.447. The molecule has 0 saturated carbocycles. The molecule has 0 fully saturated rings. The quantitative estimate of drug-likeness (QED) is 0.785. The van der Waals surface area contributed by atoms with Gasteiger partial charge >= 0.3 is 0 Å². The predicted octanol–water partition coefficient (Wildman–Crippen LogP) is 4.95. The Hall–Kier alpha value is -0.910. The van der Waals surface area contributed by atoms with Gasteiger partial charge in [-0.15, -0.1) is 0 Å². The summed E-state index contributed by atoms with van der Waals surface area (Å²) in [6.45, 7) is 2.26. The van der Waals surface area contributed by atoms with Crippen molar-refractivity contribution in [3.63, 3.8) is 0 Å². The van der Waals surface area contributed by atoms with Gasteiger partial charge in [0.2, 0.25) is 0 Å². The highest BCUT2D eigenvalue weighted by atomic mass is 79.9. The lowest BCUT2D eigenvalue weighted by Gasteiger charge is -2.14. The number of halogens is 3. The number of ether oxygens (including phenoxy) is 1. The first-order chi connectivity index (χ1) is 9.47. The summed E-state index contributed by atoms with van der Waals surface area (Å²) in [6, 6.07) is 10.5. The number of nitrogens with two attached hydrogens (primary N) is 1. The van der Waals surface area contributed by atoms with Crippen LogP contribution < -0.4 is 10.5 Å². The van der Waals surface area contributed by atoms with E-state index in [1.165, 1.54) is 6.07 Å². The van der Waals surface area contributed by atoms with E-state index in [0.29, 0.717) is 11.1 Å². The molecule has 5 heteroatoms. The summed E-state index contributed by atoms with van der Waals surface area (Å²) in [4.78, 5) is 0. The average Bonchev–Trinajstić information content (AvgIpc) is 2.40. The van der Waals surface area contributed by atoms with E-state index in [0.717, 1.165) is 21.3 Å². The number of hydrogen-bond acceptors (Lipinski definition) is 2. The summed E-state index contributed by atoms with van der Waals surface area (Å²) in [7, 11) is 0. The van der Waals surface area contributed by atoms with Crippen molar-refractivity contribution in [3.8, 4) is 5.75 Å². The molecule has 2 aromatic rings. The molecule has 0 aliphatic carbocycles. The van der Waals surface area contributed by atoms with Crippen LogP contribution in [0, 0.1) is 5.82 Å². The smallest absolute Gasteiger partial charge is 0.137 e. The molecule has 0 aromatic heterocycles. The largest absolute Gasteiger partial charge is 0.489 e. The maximum Gasteiger partial charge on any atom is 0.137 e. The molecular weight excluding hydrogens is 389 g/mol. The molecule has 0 radical (unpaired) electrons. The molecule has 20 heavy (non-hydrogen) atoms. The van der Waals surface area contributed by atoms with Crippen molar-refractivity contribution in [2.45, 2.75) is 19.6 Å². The van der Waals surface area contributed by atoms with E-state index < -0.39 is 0 Å². The van der Waals surface area contributed by atoms with E-state index in [1.807, 2.05) is 25.1 Å². The lowest BCUT2D eigenvalue weighted by molar-refractivity contribution is 0.301.